The van der Waals surface area contributed by atoms with E-state index in [2.05, 4.69) is 14.5 Å². The molecule has 4 rings (SSSR count). The molecule has 0 bridgehead atoms. The lowest BCUT2D eigenvalue weighted by atomic mass is 10.1. The van der Waals surface area contributed by atoms with Gasteiger partial charge < -0.3 is 23.5 Å². The number of aryl methyl sites for hydroxylation is 2. The van der Waals surface area contributed by atoms with Gasteiger partial charge in [0.15, 0.2) is 17.8 Å². The highest BCUT2D eigenvalue weighted by atomic mass is 16.7. The molecule has 2 aromatic heterocycles. The van der Waals surface area contributed by atoms with Crippen molar-refractivity contribution in [2.24, 2.45) is 0 Å². The zero-order chi connectivity index (χ0) is 20.9. The predicted octanol–water partition coefficient (Wildman–Crippen LogP) is 4.43. The van der Waals surface area contributed by atoms with Crippen molar-refractivity contribution in [3.63, 3.8) is 0 Å². The second-order valence-electron chi connectivity index (χ2n) is 7.50. The number of rotatable bonds is 9. The van der Waals surface area contributed by atoms with E-state index in [0.29, 0.717) is 6.61 Å². The van der Waals surface area contributed by atoms with Crippen LogP contribution in [0.25, 0.3) is 11.0 Å². The number of methoxy groups -OCH3 is 2. The first-order valence-corrected chi connectivity index (χ1v) is 10.5. The first kappa shape index (κ1) is 20.6. The van der Waals surface area contributed by atoms with Gasteiger partial charge in [-0.3, -0.25) is 4.98 Å². The molecule has 0 aliphatic carbocycles. The lowest BCUT2D eigenvalue weighted by Crippen LogP contribution is -2.13. The number of ether oxygens (including phenoxy) is 4. The number of hydrogen-bond donors (Lipinski definition) is 0. The quantitative estimate of drug-likeness (QED) is 0.485. The molecule has 1 aromatic carbocycles. The van der Waals surface area contributed by atoms with Gasteiger partial charge in [0.25, 0.3) is 0 Å². The Morgan fingerprint density at radius 3 is 2.80 bits per heavy atom. The van der Waals surface area contributed by atoms with Crippen molar-refractivity contribution in [2.45, 2.75) is 51.5 Å². The Balaban J connectivity index is 1.23. The maximum Gasteiger partial charge on any atom is 0.161 e. The summed E-state index contributed by atoms with van der Waals surface area (Å²) in [4.78, 5) is 8.71. The smallest absolute Gasteiger partial charge is 0.161 e. The summed E-state index contributed by atoms with van der Waals surface area (Å²) >= 11 is 0. The Morgan fingerprint density at radius 2 is 1.97 bits per heavy atom. The minimum absolute atomic E-state index is 0.0309. The van der Waals surface area contributed by atoms with E-state index in [4.69, 9.17) is 18.9 Å². The summed E-state index contributed by atoms with van der Waals surface area (Å²) in [6, 6.07) is 7.96. The third-order valence-corrected chi connectivity index (χ3v) is 5.58. The van der Waals surface area contributed by atoms with Crippen LogP contribution in [0.3, 0.4) is 0 Å². The first-order valence-electron chi connectivity index (χ1n) is 10.5. The summed E-state index contributed by atoms with van der Waals surface area (Å²) in [6.45, 7) is 3.66. The van der Waals surface area contributed by atoms with Crippen molar-refractivity contribution in [2.75, 3.05) is 20.8 Å². The van der Waals surface area contributed by atoms with E-state index in [1.54, 1.807) is 14.2 Å². The maximum absolute atomic E-state index is 6.11. The highest BCUT2D eigenvalue weighted by molar-refractivity contribution is 5.74. The van der Waals surface area contributed by atoms with Crippen molar-refractivity contribution >= 4 is 11.0 Å². The van der Waals surface area contributed by atoms with Gasteiger partial charge in [0, 0.05) is 25.8 Å². The van der Waals surface area contributed by atoms with Crippen LogP contribution in [0.4, 0.5) is 0 Å². The van der Waals surface area contributed by atoms with Gasteiger partial charge in [0.2, 0.25) is 0 Å². The summed E-state index contributed by atoms with van der Waals surface area (Å²) < 4.78 is 25.0. The maximum atomic E-state index is 6.11. The van der Waals surface area contributed by atoms with Crippen LogP contribution in [0.1, 0.15) is 43.2 Å². The molecule has 2 unspecified atom stereocenters. The number of nitrogens with zero attached hydrogens (tertiary/aromatic N) is 3. The zero-order valence-corrected chi connectivity index (χ0v) is 17.8. The molecule has 0 amide bonds. The highest BCUT2D eigenvalue weighted by Crippen LogP contribution is 2.37. The second kappa shape index (κ2) is 9.45. The predicted molar refractivity (Wildman–Crippen MR) is 114 cm³/mol. The molecule has 1 aliphatic heterocycles. The summed E-state index contributed by atoms with van der Waals surface area (Å²) in [5.74, 6) is 2.47. The van der Waals surface area contributed by atoms with Crippen LogP contribution in [0.2, 0.25) is 0 Å². The number of pyridine rings is 1. The molecule has 0 N–H and O–H groups in total. The fraction of sp³-hybridized carbons (Fsp3) is 0.478. The molecular formula is C23H29N3O4. The highest BCUT2D eigenvalue weighted by Gasteiger charge is 2.27. The molecular weight excluding hydrogens is 382 g/mol. The normalized spacial score (nSPS) is 18.8. The van der Waals surface area contributed by atoms with Crippen LogP contribution in [0, 0.1) is 6.92 Å². The monoisotopic (exact) mass is 411 g/mol. The molecule has 1 aliphatic rings. The molecule has 7 heteroatoms. The van der Waals surface area contributed by atoms with Gasteiger partial charge in [0.1, 0.15) is 11.3 Å². The molecule has 160 valence electrons. The molecule has 1 fully saturated rings. The van der Waals surface area contributed by atoms with Gasteiger partial charge in [-0.15, -0.1) is 0 Å². The SMILES string of the molecule is COc1ccc(C2CCC(OCCCCn3c(C)nc4cnccc43)O2)cc1OC. The summed E-state index contributed by atoms with van der Waals surface area (Å²) in [6.07, 6.45) is 7.36. The van der Waals surface area contributed by atoms with Gasteiger partial charge in [-0.05, 0) is 49.9 Å². The molecule has 0 radical (unpaired) electrons. The molecule has 3 aromatic rings. The van der Waals surface area contributed by atoms with Crippen molar-refractivity contribution in [3.8, 4) is 11.5 Å². The van der Waals surface area contributed by atoms with E-state index in [1.165, 1.54) is 0 Å². The Bertz CT molecular complexity index is 988. The number of hydrogen-bond acceptors (Lipinski definition) is 6. The average Bonchev–Trinajstić information content (AvgIpc) is 3.37. The van der Waals surface area contributed by atoms with Gasteiger partial charge in [-0.2, -0.15) is 0 Å². The van der Waals surface area contributed by atoms with Crippen LogP contribution in [0.5, 0.6) is 11.5 Å². The minimum atomic E-state index is -0.148. The Morgan fingerprint density at radius 1 is 1.10 bits per heavy atom. The lowest BCUT2D eigenvalue weighted by molar-refractivity contribution is -0.135. The largest absolute Gasteiger partial charge is 0.493 e. The fourth-order valence-corrected chi connectivity index (χ4v) is 4.00. The number of aromatic nitrogens is 3. The van der Waals surface area contributed by atoms with E-state index in [-0.39, 0.29) is 12.4 Å². The topological polar surface area (TPSA) is 67.6 Å². The fourth-order valence-electron chi connectivity index (χ4n) is 4.00. The molecule has 1 saturated heterocycles. The van der Waals surface area contributed by atoms with Crippen molar-refractivity contribution < 1.29 is 18.9 Å². The third-order valence-electron chi connectivity index (χ3n) is 5.58. The number of imidazole rings is 1. The summed E-state index contributed by atoms with van der Waals surface area (Å²) in [5, 5.41) is 0. The second-order valence-corrected chi connectivity index (χ2v) is 7.50. The number of unbranched alkanes of at least 4 members (excludes halogenated alkanes) is 1. The van der Waals surface area contributed by atoms with Crippen molar-refractivity contribution in [1.82, 2.24) is 14.5 Å². The molecule has 30 heavy (non-hydrogen) atoms. The van der Waals surface area contributed by atoms with E-state index >= 15 is 0 Å². The van der Waals surface area contributed by atoms with E-state index in [1.807, 2.05) is 43.6 Å². The lowest BCUT2D eigenvalue weighted by Gasteiger charge is -2.16. The third kappa shape index (κ3) is 4.42. The van der Waals surface area contributed by atoms with Gasteiger partial charge in [-0.1, -0.05) is 6.07 Å². The van der Waals surface area contributed by atoms with Crippen molar-refractivity contribution in [3.05, 3.63) is 48.0 Å². The van der Waals surface area contributed by atoms with Gasteiger partial charge in [0.05, 0.1) is 32.0 Å². The van der Waals surface area contributed by atoms with E-state index in [0.717, 1.165) is 66.1 Å². The summed E-state index contributed by atoms with van der Waals surface area (Å²) in [5.41, 5.74) is 3.18. The Hall–Kier alpha value is -2.64. The van der Waals surface area contributed by atoms with Gasteiger partial charge in [-0.25, -0.2) is 4.98 Å². The minimum Gasteiger partial charge on any atom is -0.493 e. The van der Waals surface area contributed by atoms with E-state index < -0.39 is 0 Å². The van der Waals surface area contributed by atoms with Crippen LogP contribution in [-0.4, -0.2) is 41.7 Å². The molecule has 2 atom stereocenters. The van der Waals surface area contributed by atoms with Crippen molar-refractivity contribution in [1.29, 1.82) is 0 Å². The average molecular weight is 412 g/mol. The molecule has 0 saturated carbocycles. The number of fused-ring (bicyclic) bond motifs is 1. The van der Waals surface area contributed by atoms with Crippen LogP contribution < -0.4 is 9.47 Å². The first-order chi connectivity index (χ1) is 14.7. The van der Waals surface area contributed by atoms with Crippen LogP contribution >= 0.6 is 0 Å². The Kier molecular flexibility index (Phi) is 6.50. The van der Waals surface area contributed by atoms with Crippen LogP contribution in [0.15, 0.2) is 36.7 Å². The number of benzene rings is 1. The molecule has 0 spiro atoms. The van der Waals surface area contributed by atoms with Gasteiger partial charge >= 0.3 is 0 Å². The standard InChI is InChI=1S/C23H29N3O4/c1-16-25-18-15-24-11-10-19(18)26(16)12-4-5-13-29-23-9-8-20(30-23)17-6-7-21(27-2)22(14-17)28-3/h6-7,10-11,14-15,20,23H,4-5,8-9,12-13H2,1-3H3. The molecule has 3 heterocycles. The Labute approximate surface area is 176 Å². The summed E-state index contributed by atoms with van der Waals surface area (Å²) in [7, 11) is 3.29. The van der Waals surface area contributed by atoms with Crippen LogP contribution in [-0.2, 0) is 16.0 Å². The van der Waals surface area contributed by atoms with E-state index in [9.17, 15) is 0 Å². The molecule has 7 nitrogen and oxygen atoms in total. The zero-order valence-electron chi connectivity index (χ0n) is 17.8.